The van der Waals surface area contributed by atoms with Crippen molar-refractivity contribution in [3.05, 3.63) is 77.0 Å². The molecule has 0 unspecified atom stereocenters. The Morgan fingerprint density at radius 3 is 2.55 bits per heavy atom. The minimum atomic E-state index is -2.91. The second kappa shape index (κ2) is 12.1. The molecular formula is C29H29ClF2N10O2. The van der Waals surface area contributed by atoms with Crippen LogP contribution in [-0.2, 0) is 4.79 Å². The summed E-state index contributed by atoms with van der Waals surface area (Å²) in [4.78, 5) is 37.5. The van der Waals surface area contributed by atoms with Crippen molar-refractivity contribution in [2.24, 2.45) is 16.6 Å². The monoisotopic (exact) mass is 622 g/mol. The summed E-state index contributed by atoms with van der Waals surface area (Å²) in [5, 5.41) is 15.8. The van der Waals surface area contributed by atoms with Crippen LogP contribution in [0.4, 0.5) is 8.78 Å². The third kappa shape index (κ3) is 6.02. The molecule has 44 heavy (non-hydrogen) atoms. The van der Waals surface area contributed by atoms with Crippen molar-refractivity contribution in [3.63, 3.8) is 0 Å². The number of nitrogens with one attached hydrogen (secondary N) is 1. The SMILES string of the molecule is CN=C(N)N(C(=O)c1ccc(-c2cnn(C3CC3)n2)cc1)[C@H](CNC(=O)C1CC1)c1ccc(Cl)c(-n2ncnc2C(F)F)c1. The Hall–Kier alpha value is -4.72. The Balaban J connectivity index is 1.35. The van der Waals surface area contributed by atoms with Crippen LogP contribution in [0.15, 0.2) is 60.0 Å². The highest BCUT2D eigenvalue weighted by Crippen LogP contribution is 2.34. The van der Waals surface area contributed by atoms with Gasteiger partial charge >= 0.3 is 0 Å². The van der Waals surface area contributed by atoms with Gasteiger partial charge in [-0.25, -0.2) is 18.4 Å². The lowest BCUT2D eigenvalue weighted by atomic mass is 10.0. The molecule has 2 heterocycles. The predicted molar refractivity (Wildman–Crippen MR) is 157 cm³/mol. The Bertz CT molecular complexity index is 1710. The number of nitrogens with zero attached hydrogens (tertiary/aromatic N) is 8. The fourth-order valence-corrected chi connectivity index (χ4v) is 5.05. The summed E-state index contributed by atoms with van der Waals surface area (Å²) in [5.74, 6) is -1.43. The first-order chi connectivity index (χ1) is 21.2. The van der Waals surface area contributed by atoms with Crippen LogP contribution in [-0.4, -0.2) is 66.0 Å². The standard InChI is InChI=1S/C29H29ClF2N10O2/c1-34-29(33)40(28(44)18-6-2-16(3-7-18)22-13-37-42(39-22)20-9-10-20)24(14-35-27(43)17-4-5-17)19-8-11-21(30)23(12-19)41-26(25(31)32)36-15-38-41/h2-3,6-8,11-13,15,17,20,24-25H,4-5,9-10,14H2,1H3,(H2,33,34)(H,35,43)/t24-/m1/s1. The molecule has 4 aromatic rings. The first-order valence-electron chi connectivity index (χ1n) is 14.1. The topological polar surface area (TPSA) is 149 Å². The number of halogens is 3. The van der Waals surface area contributed by atoms with E-state index in [2.05, 4.69) is 30.6 Å². The molecule has 2 amide bonds. The van der Waals surface area contributed by atoms with Gasteiger partial charge < -0.3 is 11.1 Å². The number of guanidine groups is 1. The molecule has 15 heteroatoms. The minimum Gasteiger partial charge on any atom is -0.369 e. The zero-order valence-corrected chi connectivity index (χ0v) is 24.4. The van der Waals surface area contributed by atoms with E-state index in [-0.39, 0.29) is 35.0 Å². The maximum atomic E-state index is 14.1. The van der Waals surface area contributed by atoms with Gasteiger partial charge in [0.15, 0.2) is 11.8 Å². The van der Waals surface area contributed by atoms with Crippen molar-refractivity contribution < 1.29 is 18.4 Å². The Kier molecular flexibility index (Phi) is 8.08. The van der Waals surface area contributed by atoms with Crippen molar-refractivity contribution in [1.29, 1.82) is 0 Å². The number of carbonyl (C=O) groups is 2. The van der Waals surface area contributed by atoms with E-state index in [0.29, 0.717) is 22.9 Å². The van der Waals surface area contributed by atoms with Crippen molar-refractivity contribution in [2.75, 3.05) is 13.6 Å². The molecule has 0 radical (unpaired) electrons. The molecule has 2 saturated carbocycles. The maximum Gasteiger partial charge on any atom is 0.297 e. The highest BCUT2D eigenvalue weighted by atomic mass is 35.5. The summed E-state index contributed by atoms with van der Waals surface area (Å²) in [6.07, 6.45) is 3.47. The molecule has 0 spiro atoms. The van der Waals surface area contributed by atoms with Gasteiger partial charge in [0, 0.05) is 30.6 Å². The van der Waals surface area contributed by atoms with E-state index < -0.39 is 24.2 Å². The number of amides is 2. The molecule has 228 valence electrons. The van der Waals surface area contributed by atoms with Gasteiger partial charge in [-0.1, -0.05) is 29.8 Å². The number of aliphatic imine (C=N–C) groups is 1. The lowest BCUT2D eigenvalue weighted by molar-refractivity contribution is -0.122. The van der Waals surface area contributed by atoms with Crippen LogP contribution < -0.4 is 11.1 Å². The van der Waals surface area contributed by atoms with Crippen LogP contribution in [0.3, 0.4) is 0 Å². The second-order valence-corrected chi connectivity index (χ2v) is 11.1. The largest absolute Gasteiger partial charge is 0.369 e. The van der Waals surface area contributed by atoms with E-state index in [1.54, 1.807) is 41.3 Å². The average molecular weight is 623 g/mol. The van der Waals surface area contributed by atoms with Gasteiger partial charge in [0.1, 0.15) is 12.0 Å². The molecule has 2 aromatic heterocycles. The average Bonchev–Trinajstić information content (AvgIpc) is 3.96. The van der Waals surface area contributed by atoms with E-state index in [0.717, 1.165) is 42.3 Å². The van der Waals surface area contributed by atoms with Crippen LogP contribution in [0.5, 0.6) is 0 Å². The summed E-state index contributed by atoms with van der Waals surface area (Å²) in [6.45, 7) is -0.0280. The quantitative estimate of drug-likeness (QED) is 0.200. The van der Waals surface area contributed by atoms with E-state index in [4.69, 9.17) is 17.3 Å². The van der Waals surface area contributed by atoms with Gasteiger partial charge in [-0.15, -0.1) is 0 Å². The number of alkyl halides is 2. The van der Waals surface area contributed by atoms with Crippen molar-refractivity contribution in [1.82, 2.24) is 40.0 Å². The fraction of sp³-hybridized carbons (Fsp3) is 0.345. The Morgan fingerprint density at radius 1 is 1.14 bits per heavy atom. The number of hydrogen-bond donors (Lipinski definition) is 2. The fourth-order valence-electron chi connectivity index (χ4n) is 4.85. The summed E-state index contributed by atoms with van der Waals surface area (Å²) >= 11 is 6.42. The molecule has 3 N–H and O–H groups in total. The number of carbonyl (C=O) groups excluding carboxylic acids is 2. The lowest BCUT2D eigenvalue weighted by Crippen LogP contribution is -2.48. The number of benzene rings is 2. The van der Waals surface area contributed by atoms with Crippen LogP contribution in [0.1, 0.15) is 65.9 Å². The van der Waals surface area contributed by atoms with Crippen molar-refractivity contribution >= 4 is 29.4 Å². The van der Waals surface area contributed by atoms with Crippen LogP contribution in [0.25, 0.3) is 16.9 Å². The Labute approximate surface area is 255 Å². The number of hydrogen-bond acceptors (Lipinski definition) is 7. The summed E-state index contributed by atoms with van der Waals surface area (Å²) in [7, 11) is 1.44. The van der Waals surface area contributed by atoms with Crippen LogP contribution >= 0.6 is 11.6 Å². The first-order valence-corrected chi connectivity index (χ1v) is 14.5. The van der Waals surface area contributed by atoms with Gasteiger partial charge in [-0.2, -0.15) is 20.1 Å². The molecule has 2 aliphatic carbocycles. The van der Waals surface area contributed by atoms with Crippen LogP contribution in [0.2, 0.25) is 5.02 Å². The molecule has 6 rings (SSSR count). The highest BCUT2D eigenvalue weighted by molar-refractivity contribution is 6.32. The van der Waals surface area contributed by atoms with Gasteiger partial charge in [0.2, 0.25) is 5.91 Å². The van der Waals surface area contributed by atoms with Crippen molar-refractivity contribution in [3.8, 4) is 16.9 Å². The first kappa shape index (κ1) is 29.4. The third-order valence-electron chi connectivity index (χ3n) is 7.59. The van der Waals surface area contributed by atoms with E-state index >= 15 is 0 Å². The molecule has 0 saturated heterocycles. The normalized spacial score (nSPS) is 15.8. The molecule has 2 aliphatic rings. The van der Waals surface area contributed by atoms with E-state index in [1.165, 1.54) is 24.1 Å². The summed E-state index contributed by atoms with van der Waals surface area (Å²) < 4.78 is 28.3. The molecule has 0 aliphatic heterocycles. The highest BCUT2D eigenvalue weighted by Gasteiger charge is 2.34. The van der Waals surface area contributed by atoms with Gasteiger partial charge in [-0.05, 0) is 55.5 Å². The van der Waals surface area contributed by atoms with Gasteiger partial charge in [0.25, 0.3) is 12.3 Å². The molecule has 2 aromatic carbocycles. The maximum absolute atomic E-state index is 14.1. The van der Waals surface area contributed by atoms with Gasteiger partial charge in [0.05, 0.1) is 29.0 Å². The minimum absolute atomic E-state index is 0.0280. The third-order valence-corrected chi connectivity index (χ3v) is 7.91. The van der Waals surface area contributed by atoms with E-state index in [1.807, 2.05) is 0 Å². The predicted octanol–water partition coefficient (Wildman–Crippen LogP) is 4.11. The van der Waals surface area contributed by atoms with Crippen LogP contribution in [0, 0.1) is 5.92 Å². The molecular weight excluding hydrogens is 594 g/mol. The second-order valence-electron chi connectivity index (χ2n) is 10.7. The lowest BCUT2D eigenvalue weighted by Gasteiger charge is -2.32. The van der Waals surface area contributed by atoms with Gasteiger partial charge in [-0.3, -0.25) is 19.5 Å². The number of aromatic nitrogens is 6. The molecule has 0 bridgehead atoms. The van der Waals surface area contributed by atoms with E-state index in [9.17, 15) is 18.4 Å². The zero-order chi connectivity index (χ0) is 31.0. The number of nitrogens with two attached hydrogens (primary N) is 1. The summed E-state index contributed by atoms with van der Waals surface area (Å²) in [6, 6.07) is 11.0. The Morgan fingerprint density at radius 2 is 1.89 bits per heavy atom. The smallest absolute Gasteiger partial charge is 0.297 e. The molecule has 12 nitrogen and oxygen atoms in total. The zero-order valence-electron chi connectivity index (χ0n) is 23.6. The molecule has 1 atom stereocenters. The number of rotatable bonds is 10. The molecule has 2 fully saturated rings. The van der Waals surface area contributed by atoms with Crippen molar-refractivity contribution in [2.45, 2.75) is 44.2 Å². The summed E-state index contributed by atoms with van der Waals surface area (Å²) in [5.41, 5.74) is 8.68.